The average Bonchev–Trinajstić information content (AvgIpc) is 2.57. The van der Waals surface area contributed by atoms with Gasteiger partial charge in [-0.25, -0.2) is 0 Å². The summed E-state index contributed by atoms with van der Waals surface area (Å²) in [5.41, 5.74) is 1.07. The van der Waals surface area contributed by atoms with E-state index >= 15 is 0 Å². The highest BCUT2D eigenvalue weighted by atomic mass is 16.1. The third kappa shape index (κ3) is 2.11. The second kappa shape index (κ2) is 3.17. The molecule has 0 bridgehead atoms. The van der Waals surface area contributed by atoms with E-state index in [1.54, 1.807) is 6.08 Å². The second-order valence-corrected chi connectivity index (χ2v) is 4.65. The Kier molecular flexibility index (Phi) is 2.14. The van der Waals surface area contributed by atoms with Crippen molar-refractivity contribution in [2.24, 2.45) is 11.8 Å². The second-order valence-electron chi connectivity index (χ2n) is 4.65. The van der Waals surface area contributed by atoms with Gasteiger partial charge in [0.2, 0.25) is 5.91 Å². The summed E-state index contributed by atoms with van der Waals surface area (Å²) in [4.78, 5) is 11.3. The molecule has 0 aromatic carbocycles. The lowest BCUT2D eigenvalue weighted by atomic mass is 10.1. The molecule has 1 amide bonds. The van der Waals surface area contributed by atoms with Gasteiger partial charge in [-0.1, -0.05) is 5.57 Å². The van der Waals surface area contributed by atoms with E-state index in [-0.39, 0.29) is 5.91 Å². The first-order valence-corrected chi connectivity index (χ1v) is 5.10. The summed E-state index contributed by atoms with van der Waals surface area (Å²) < 4.78 is 0. The van der Waals surface area contributed by atoms with Crippen molar-refractivity contribution in [1.29, 1.82) is 0 Å². The Bertz CT molecular complexity index is 243. The minimum absolute atomic E-state index is 0.0892. The quantitative estimate of drug-likeness (QED) is 0.644. The van der Waals surface area contributed by atoms with E-state index in [2.05, 4.69) is 5.32 Å². The SMILES string of the molecule is CC(C)=CC(=O)NC1CC2CC2C1. The van der Waals surface area contributed by atoms with E-state index in [4.69, 9.17) is 0 Å². The number of hydrogen-bond donors (Lipinski definition) is 1. The number of rotatable bonds is 2. The lowest BCUT2D eigenvalue weighted by molar-refractivity contribution is -0.117. The number of hydrogen-bond acceptors (Lipinski definition) is 1. The first-order valence-electron chi connectivity index (χ1n) is 5.10. The Morgan fingerprint density at radius 2 is 1.85 bits per heavy atom. The molecule has 2 heteroatoms. The van der Waals surface area contributed by atoms with Gasteiger partial charge in [-0.15, -0.1) is 0 Å². The lowest BCUT2D eigenvalue weighted by Crippen LogP contribution is -2.32. The van der Waals surface area contributed by atoms with E-state index in [1.165, 1.54) is 19.3 Å². The third-order valence-corrected chi connectivity index (χ3v) is 3.01. The van der Waals surface area contributed by atoms with Gasteiger partial charge in [0.05, 0.1) is 0 Å². The van der Waals surface area contributed by atoms with E-state index in [0.717, 1.165) is 17.4 Å². The number of carbonyl (C=O) groups excluding carboxylic acids is 1. The van der Waals surface area contributed by atoms with Gasteiger partial charge in [0.25, 0.3) is 0 Å². The van der Waals surface area contributed by atoms with Gasteiger partial charge in [-0.3, -0.25) is 4.79 Å². The minimum atomic E-state index is 0.0892. The standard InChI is InChI=1S/C11H17NO/c1-7(2)3-11(13)12-10-5-8-4-9(8)6-10/h3,8-10H,4-6H2,1-2H3,(H,12,13). The molecule has 2 fully saturated rings. The van der Waals surface area contributed by atoms with Crippen molar-refractivity contribution in [2.75, 3.05) is 0 Å². The molecule has 2 atom stereocenters. The third-order valence-electron chi connectivity index (χ3n) is 3.01. The van der Waals surface area contributed by atoms with E-state index in [9.17, 15) is 4.79 Å². The zero-order chi connectivity index (χ0) is 9.42. The molecule has 0 aromatic rings. The summed E-state index contributed by atoms with van der Waals surface area (Å²) in [6.07, 6.45) is 5.53. The van der Waals surface area contributed by atoms with Gasteiger partial charge in [0.1, 0.15) is 0 Å². The molecule has 2 aliphatic rings. The van der Waals surface area contributed by atoms with Crippen LogP contribution in [0.1, 0.15) is 33.1 Å². The Labute approximate surface area is 79.4 Å². The Balaban J connectivity index is 1.78. The average molecular weight is 179 g/mol. The summed E-state index contributed by atoms with van der Waals surface area (Å²) in [5.74, 6) is 1.97. The summed E-state index contributed by atoms with van der Waals surface area (Å²) in [6, 6.07) is 0.465. The lowest BCUT2D eigenvalue weighted by Gasteiger charge is -2.12. The molecule has 0 saturated heterocycles. The van der Waals surface area contributed by atoms with Crippen molar-refractivity contribution in [3.05, 3.63) is 11.6 Å². The predicted octanol–water partition coefficient (Wildman–Crippen LogP) is 1.87. The molecule has 2 saturated carbocycles. The maximum Gasteiger partial charge on any atom is 0.244 e. The maximum absolute atomic E-state index is 11.3. The monoisotopic (exact) mass is 179 g/mol. The Hall–Kier alpha value is -0.790. The van der Waals surface area contributed by atoms with Crippen LogP contribution in [0.4, 0.5) is 0 Å². The summed E-state index contributed by atoms with van der Waals surface area (Å²) >= 11 is 0. The number of allylic oxidation sites excluding steroid dienone is 1. The highest BCUT2D eigenvalue weighted by molar-refractivity contribution is 5.88. The molecular weight excluding hydrogens is 162 g/mol. The van der Waals surface area contributed by atoms with Crippen LogP contribution in [0.25, 0.3) is 0 Å². The smallest absolute Gasteiger partial charge is 0.244 e. The molecule has 2 nitrogen and oxygen atoms in total. The van der Waals surface area contributed by atoms with Crippen molar-refractivity contribution >= 4 is 5.91 Å². The van der Waals surface area contributed by atoms with Crippen molar-refractivity contribution < 1.29 is 4.79 Å². The zero-order valence-corrected chi connectivity index (χ0v) is 8.34. The molecule has 2 rings (SSSR count). The first-order chi connectivity index (χ1) is 6.15. The normalized spacial score (nSPS) is 35.1. The molecule has 2 aliphatic carbocycles. The van der Waals surface area contributed by atoms with E-state index in [0.29, 0.717) is 6.04 Å². The van der Waals surface area contributed by atoms with Crippen LogP contribution in [0.15, 0.2) is 11.6 Å². The van der Waals surface area contributed by atoms with Crippen LogP contribution in [-0.2, 0) is 4.79 Å². The van der Waals surface area contributed by atoms with E-state index < -0.39 is 0 Å². The molecule has 2 unspecified atom stereocenters. The highest BCUT2D eigenvalue weighted by Crippen LogP contribution is 2.51. The number of fused-ring (bicyclic) bond motifs is 1. The molecular formula is C11H17NO. The largest absolute Gasteiger partial charge is 0.350 e. The topological polar surface area (TPSA) is 29.1 Å². The molecule has 0 aliphatic heterocycles. The van der Waals surface area contributed by atoms with Gasteiger partial charge in [-0.05, 0) is 44.9 Å². The Morgan fingerprint density at radius 3 is 2.38 bits per heavy atom. The fourth-order valence-electron chi connectivity index (χ4n) is 2.34. The molecule has 13 heavy (non-hydrogen) atoms. The maximum atomic E-state index is 11.3. The van der Waals surface area contributed by atoms with Crippen molar-refractivity contribution in [3.63, 3.8) is 0 Å². The van der Waals surface area contributed by atoms with Crippen molar-refractivity contribution in [2.45, 2.75) is 39.2 Å². The van der Waals surface area contributed by atoms with E-state index in [1.807, 2.05) is 13.8 Å². The van der Waals surface area contributed by atoms with Gasteiger partial charge in [0.15, 0.2) is 0 Å². The summed E-state index contributed by atoms with van der Waals surface area (Å²) in [7, 11) is 0. The summed E-state index contributed by atoms with van der Waals surface area (Å²) in [5, 5.41) is 3.06. The van der Waals surface area contributed by atoms with Gasteiger partial charge < -0.3 is 5.32 Å². The van der Waals surface area contributed by atoms with Crippen LogP contribution in [0.3, 0.4) is 0 Å². The van der Waals surface area contributed by atoms with Crippen molar-refractivity contribution in [1.82, 2.24) is 5.32 Å². The predicted molar refractivity (Wildman–Crippen MR) is 52.2 cm³/mol. The van der Waals surface area contributed by atoms with Crippen LogP contribution in [0.5, 0.6) is 0 Å². The molecule has 72 valence electrons. The van der Waals surface area contributed by atoms with Gasteiger partial charge in [-0.2, -0.15) is 0 Å². The van der Waals surface area contributed by atoms with Crippen LogP contribution in [-0.4, -0.2) is 11.9 Å². The van der Waals surface area contributed by atoms with Crippen LogP contribution in [0.2, 0.25) is 0 Å². The summed E-state index contributed by atoms with van der Waals surface area (Å²) in [6.45, 7) is 3.90. The van der Waals surface area contributed by atoms with Crippen LogP contribution in [0, 0.1) is 11.8 Å². The molecule has 0 radical (unpaired) electrons. The number of nitrogens with one attached hydrogen (secondary N) is 1. The first kappa shape index (κ1) is 8.79. The van der Waals surface area contributed by atoms with Gasteiger partial charge in [0, 0.05) is 12.1 Å². The molecule has 1 N–H and O–H groups in total. The number of amides is 1. The number of carbonyl (C=O) groups is 1. The molecule has 0 spiro atoms. The zero-order valence-electron chi connectivity index (χ0n) is 8.34. The Morgan fingerprint density at radius 1 is 1.23 bits per heavy atom. The van der Waals surface area contributed by atoms with Crippen LogP contribution < -0.4 is 5.32 Å². The molecule has 0 aromatic heterocycles. The molecule has 0 heterocycles. The highest BCUT2D eigenvalue weighted by Gasteiger charge is 2.45. The minimum Gasteiger partial charge on any atom is -0.350 e. The van der Waals surface area contributed by atoms with Crippen LogP contribution >= 0.6 is 0 Å². The van der Waals surface area contributed by atoms with Crippen molar-refractivity contribution in [3.8, 4) is 0 Å². The fraction of sp³-hybridized carbons (Fsp3) is 0.727. The fourth-order valence-corrected chi connectivity index (χ4v) is 2.34. The van der Waals surface area contributed by atoms with Gasteiger partial charge >= 0.3 is 0 Å².